The van der Waals surface area contributed by atoms with E-state index in [2.05, 4.69) is 29.3 Å². The Labute approximate surface area is 313 Å². The molecule has 0 unspecified atom stereocenters. The molecule has 0 saturated carbocycles. The number of nitrogens with zero attached hydrogens (tertiary/aromatic N) is 6. The summed E-state index contributed by atoms with van der Waals surface area (Å²) in [7, 11) is 1.53. The minimum Gasteiger partial charge on any atom is -0.496 e. The number of rotatable bonds is 11. The van der Waals surface area contributed by atoms with Crippen LogP contribution in [0.4, 0.5) is 4.39 Å². The van der Waals surface area contributed by atoms with Crippen LogP contribution in [0.3, 0.4) is 0 Å². The molecule has 11 nitrogen and oxygen atoms in total. The minimum absolute atomic E-state index is 0.0259. The highest BCUT2D eigenvalue weighted by Crippen LogP contribution is 2.24. The molecule has 2 aliphatic rings. The maximum atomic E-state index is 13.6. The van der Waals surface area contributed by atoms with E-state index in [9.17, 15) is 14.0 Å². The summed E-state index contributed by atoms with van der Waals surface area (Å²) >= 11 is 0. The number of aryl methyl sites for hydroxylation is 1. The van der Waals surface area contributed by atoms with Crippen LogP contribution in [-0.2, 0) is 39.4 Å². The molecule has 4 heterocycles. The van der Waals surface area contributed by atoms with E-state index in [1.165, 1.54) is 30.4 Å². The molecule has 12 heteroatoms. The third kappa shape index (κ3) is 8.44. The molecule has 2 aromatic heterocycles. The average molecular weight is 729 g/mol. The highest BCUT2D eigenvalue weighted by molar-refractivity contribution is 5.94. The van der Waals surface area contributed by atoms with Crippen LogP contribution in [0.15, 0.2) is 115 Å². The van der Waals surface area contributed by atoms with E-state index < -0.39 is 0 Å². The minimum atomic E-state index is -0.356. The number of aromatic nitrogens is 4. The Bertz CT molecular complexity index is 2220. The topological polar surface area (TPSA) is 104 Å². The van der Waals surface area contributed by atoms with Crippen molar-refractivity contribution in [2.24, 2.45) is 0 Å². The summed E-state index contributed by atoms with van der Waals surface area (Å²) in [6, 6.07) is 35.2. The number of fused-ring (bicyclic) bond motifs is 2. The van der Waals surface area contributed by atoms with E-state index in [-0.39, 0.29) is 30.8 Å². The largest absolute Gasteiger partial charge is 0.496 e. The van der Waals surface area contributed by atoms with Gasteiger partial charge in [0, 0.05) is 31.7 Å². The van der Waals surface area contributed by atoms with Crippen LogP contribution in [-0.4, -0.2) is 61.4 Å². The fourth-order valence-corrected chi connectivity index (χ4v) is 6.44. The van der Waals surface area contributed by atoms with Gasteiger partial charge in [0.2, 0.25) is 0 Å². The van der Waals surface area contributed by atoms with E-state index in [4.69, 9.17) is 14.2 Å². The highest BCUT2D eigenvalue weighted by Gasteiger charge is 2.28. The first-order valence-corrected chi connectivity index (χ1v) is 17.8. The van der Waals surface area contributed by atoms with Crippen LogP contribution >= 0.6 is 0 Å². The van der Waals surface area contributed by atoms with E-state index in [1.807, 2.05) is 83.8 Å². The smallest absolute Gasteiger partial charge is 0.272 e. The predicted octanol–water partition coefficient (Wildman–Crippen LogP) is 6.69. The number of methoxy groups -OCH3 is 1. The van der Waals surface area contributed by atoms with Crippen molar-refractivity contribution in [2.75, 3.05) is 20.2 Å². The van der Waals surface area contributed by atoms with Crippen molar-refractivity contribution in [1.29, 1.82) is 0 Å². The number of carbonyl (C=O) groups excluding carboxylic acids is 2. The number of benzene rings is 4. The van der Waals surface area contributed by atoms with Crippen molar-refractivity contribution in [3.63, 3.8) is 0 Å². The van der Waals surface area contributed by atoms with Gasteiger partial charge < -0.3 is 24.0 Å². The molecule has 6 aromatic rings. The molecule has 2 aliphatic heterocycles. The van der Waals surface area contributed by atoms with Crippen molar-refractivity contribution in [2.45, 2.75) is 46.3 Å². The lowest BCUT2D eigenvalue weighted by molar-refractivity contribution is 0.0675. The van der Waals surface area contributed by atoms with Gasteiger partial charge in [-0.15, -0.1) is 0 Å². The Morgan fingerprint density at radius 2 is 1.11 bits per heavy atom. The summed E-state index contributed by atoms with van der Waals surface area (Å²) in [6.45, 7) is 6.07. The van der Waals surface area contributed by atoms with Gasteiger partial charge in [-0.1, -0.05) is 60.7 Å². The number of hydrogen-bond acceptors (Lipinski definition) is 7. The molecule has 4 aromatic carbocycles. The van der Waals surface area contributed by atoms with Gasteiger partial charge in [0.05, 0.1) is 20.2 Å². The highest BCUT2D eigenvalue weighted by atomic mass is 19.1. The lowest BCUT2D eigenvalue weighted by atomic mass is 10.1. The normalized spacial score (nSPS) is 13.5. The summed E-state index contributed by atoms with van der Waals surface area (Å²) in [5, 5.41) is 8.98. The second-order valence-corrected chi connectivity index (χ2v) is 13.0. The van der Waals surface area contributed by atoms with Crippen LogP contribution in [0.5, 0.6) is 17.2 Å². The second kappa shape index (κ2) is 16.5. The van der Waals surface area contributed by atoms with Gasteiger partial charge in [0.15, 0.2) is 0 Å². The molecule has 276 valence electrons. The summed E-state index contributed by atoms with van der Waals surface area (Å²) in [4.78, 5) is 29.3. The number of halogens is 1. The van der Waals surface area contributed by atoms with E-state index in [1.54, 1.807) is 26.4 Å². The summed E-state index contributed by atoms with van der Waals surface area (Å²) in [5.74, 6) is 1.63. The molecule has 2 amide bonds. The van der Waals surface area contributed by atoms with Crippen molar-refractivity contribution in [1.82, 2.24) is 29.4 Å². The Balaban J connectivity index is 0.000000167. The Kier molecular flexibility index (Phi) is 11.0. The summed E-state index contributed by atoms with van der Waals surface area (Å²) < 4.78 is 33.8. The van der Waals surface area contributed by atoms with Gasteiger partial charge in [-0.05, 0) is 72.6 Å². The molecule has 0 fully saturated rings. The van der Waals surface area contributed by atoms with Gasteiger partial charge in [-0.3, -0.25) is 19.0 Å². The Hall–Kier alpha value is -6.43. The SMILES string of the molecule is COc1ccc(F)cc1CN1CCn2nc(COc3ccccc3)cc2C1=O.Cc1ccccc1CN1CCn2nc(COc3ccccc3)cc2C1=O. The fraction of sp³-hybridized carbons (Fsp3) is 0.238. The number of ether oxygens (including phenoxy) is 3. The second-order valence-electron chi connectivity index (χ2n) is 13.0. The lowest BCUT2D eigenvalue weighted by Crippen LogP contribution is -2.39. The molecular formula is C42H41FN6O5. The number of amides is 2. The van der Waals surface area contributed by atoms with Crippen molar-refractivity contribution < 1.29 is 28.2 Å². The molecule has 0 spiro atoms. The maximum Gasteiger partial charge on any atom is 0.272 e. The number of para-hydroxylation sites is 2. The van der Waals surface area contributed by atoms with E-state index >= 15 is 0 Å². The molecular weight excluding hydrogens is 687 g/mol. The van der Waals surface area contributed by atoms with Gasteiger partial charge in [-0.25, -0.2) is 4.39 Å². The molecule has 0 radical (unpaired) electrons. The number of carbonyl (C=O) groups is 2. The number of hydrogen-bond donors (Lipinski definition) is 0. The average Bonchev–Trinajstić information content (AvgIpc) is 3.82. The van der Waals surface area contributed by atoms with Crippen LogP contribution in [0, 0.1) is 12.7 Å². The lowest BCUT2D eigenvalue weighted by Gasteiger charge is -2.28. The maximum absolute atomic E-state index is 13.6. The van der Waals surface area contributed by atoms with E-state index in [0.717, 1.165) is 17.2 Å². The quantitative estimate of drug-likeness (QED) is 0.147. The Morgan fingerprint density at radius 1 is 0.611 bits per heavy atom. The molecule has 0 bridgehead atoms. The standard InChI is InChI=1S/C21H20FN3O3.C21H21N3O2/c1-27-20-8-7-16(22)11-15(20)13-24-9-10-25-19(21(24)26)12-17(23-25)14-28-18-5-3-2-4-6-18;1-16-7-5-6-8-17(16)14-23-11-12-24-20(21(23)25)13-18(22-24)15-26-19-9-3-2-4-10-19/h2-8,11-12H,9-10,13-14H2,1H3;2-10,13H,11-12,14-15H2,1H3. The fourth-order valence-electron chi connectivity index (χ4n) is 6.44. The zero-order chi connectivity index (χ0) is 37.4. The van der Waals surface area contributed by atoms with Crippen LogP contribution in [0.25, 0.3) is 0 Å². The van der Waals surface area contributed by atoms with Crippen LogP contribution in [0.2, 0.25) is 0 Å². The summed E-state index contributed by atoms with van der Waals surface area (Å²) in [5.41, 5.74) is 5.63. The van der Waals surface area contributed by atoms with Crippen molar-refractivity contribution >= 4 is 11.8 Å². The molecule has 0 atom stereocenters. The van der Waals surface area contributed by atoms with Gasteiger partial charge in [0.25, 0.3) is 11.8 Å². The van der Waals surface area contributed by atoms with Crippen molar-refractivity contribution in [3.8, 4) is 17.2 Å². The first kappa shape index (κ1) is 36.0. The molecule has 0 N–H and O–H groups in total. The molecule has 0 saturated heterocycles. The molecule has 54 heavy (non-hydrogen) atoms. The van der Waals surface area contributed by atoms with Gasteiger partial charge >= 0.3 is 0 Å². The summed E-state index contributed by atoms with van der Waals surface area (Å²) in [6.07, 6.45) is 0. The first-order valence-electron chi connectivity index (χ1n) is 17.8. The molecule has 8 rings (SSSR count). The third-order valence-corrected chi connectivity index (χ3v) is 9.32. The van der Waals surface area contributed by atoms with E-state index in [0.29, 0.717) is 67.7 Å². The van der Waals surface area contributed by atoms with Crippen molar-refractivity contribution in [3.05, 3.63) is 161 Å². The zero-order valence-electron chi connectivity index (χ0n) is 30.2. The third-order valence-electron chi connectivity index (χ3n) is 9.32. The van der Waals surface area contributed by atoms with Crippen LogP contribution in [0.1, 0.15) is 49.1 Å². The van der Waals surface area contributed by atoms with Gasteiger partial charge in [0.1, 0.15) is 59.1 Å². The monoisotopic (exact) mass is 728 g/mol. The molecule has 0 aliphatic carbocycles. The van der Waals surface area contributed by atoms with Crippen LogP contribution < -0.4 is 14.2 Å². The zero-order valence-corrected chi connectivity index (χ0v) is 30.2. The predicted molar refractivity (Wildman–Crippen MR) is 200 cm³/mol. The first-order chi connectivity index (χ1) is 26.3. The van der Waals surface area contributed by atoms with Gasteiger partial charge in [-0.2, -0.15) is 10.2 Å². The Morgan fingerprint density at radius 3 is 1.63 bits per heavy atom.